The first-order valence-corrected chi connectivity index (χ1v) is 5.50. The second kappa shape index (κ2) is 7.05. The molecule has 0 spiro atoms. The third-order valence-electron chi connectivity index (χ3n) is 2.48. The Morgan fingerprint density at radius 1 is 1.38 bits per heavy atom. The van der Waals surface area contributed by atoms with Gasteiger partial charge in [0.25, 0.3) is 0 Å². The highest BCUT2D eigenvalue weighted by atomic mass is 16.5. The van der Waals surface area contributed by atoms with Gasteiger partial charge in [0.05, 0.1) is 6.61 Å². The molecule has 1 N–H and O–H groups in total. The molecule has 1 rings (SSSR count). The number of hydrogen-bond donors (Lipinski definition) is 1. The van der Waals surface area contributed by atoms with Gasteiger partial charge in [0, 0.05) is 26.1 Å². The summed E-state index contributed by atoms with van der Waals surface area (Å²) in [5, 5.41) is 3.40. The van der Waals surface area contributed by atoms with E-state index < -0.39 is 0 Å². The lowest BCUT2D eigenvalue weighted by Gasteiger charge is -2.13. The Morgan fingerprint density at radius 3 is 2.69 bits per heavy atom. The SMILES string of the molecule is C#CCC(C)NCc1ccccc1COC. The zero-order chi connectivity index (χ0) is 11.8. The van der Waals surface area contributed by atoms with E-state index in [0.29, 0.717) is 12.6 Å². The number of nitrogens with one attached hydrogen (secondary N) is 1. The number of terminal acetylenes is 1. The molecule has 0 saturated carbocycles. The van der Waals surface area contributed by atoms with Crippen molar-refractivity contribution in [2.45, 2.75) is 32.5 Å². The van der Waals surface area contributed by atoms with Crippen LogP contribution in [0.25, 0.3) is 0 Å². The number of methoxy groups -OCH3 is 1. The topological polar surface area (TPSA) is 21.3 Å². The van der Waals surface area contributed by atoms with E-state index in [-0.39, 0.29) is 0 Å². The number of hydrogen-bond acceptors (Lipinski definition) is 2. The van der Waals surface area contributed by atoms with Crippen LogP contribution >= 0.6 is 0 Å². The van der Waals surface area contributed by atoms with Crippen LogP contribution in [0.4, 0.5) is 0 Å². The summed E-state index contributed by atoms with van der Waals surface area (Å²) in [7, 11) is 1.71. The minimum Gasteiger partial charge on any atom is -0.380 e. The average Bonchev–Trinajstić information content (AvgIpc) is 2.29. The lowest BCUT2D eigenvalue weighted by atomic mass is 10.1. The number of ether oxygens (including phenoxy) is 1. The Hall–Kier alpha value is -1.30. The first-order chi connectivity index (χ1) is 7.77. The van der Waals surface area contributed by atoms with Crippen molar-refractivity contribution in [3.63, 3.8) is 0 Å². The van der Waals surface area contributed by atoms with E-state index in [1.54, 1.807) is 7.11 Å². The Balaban J connectivity index is 2.56. The molecule has 0 saturated heterocycles. The van der Waals surface area contributed by atoms with Gasteiger partial charge in [-0.05, 0) is 18.1 Å². The Kier molecular flexibility index (Phi) is 5.63. The summed E-state index contributed by atoms with van der Waals surface area (Å²) in [5.41, 5.74) is 2.50. The van der Waals surface area contributed by atoms with Crippen LogP contribution in [0, 0.1) is 12.3 Å². The molecule has 0 aliphatic carbocycles. The Morgan fingerprint density at radius 2 is 2.06 bits per heavy atom. The largest absolute Gasteiger partial charge is 0.380 e. The molecule has 0 fully saturated rings. The maximum absolute atomic E-state index is 5.27. The van der Waals surface area contributed by atoms with E-state index >= 15 is 0 Å². The monoisotopic (exact) mass is 217 g/mol. The molecule has 86 valence electrons. The number of benzene rings is 1. The second-order valence-corrected chi connectivity index (χ2v) is 3.89. The van der Waals surface area contributed by atoms with Gasteiger partial charge in [-0.2, -0.15) is 0 Å². The van der Waals surface area contributed by atoms with Crippen LogP contribution in [-0.2, 0) is 17.9 Å². The first-order valence-electron chi connectivity index (χ1n) is 5.50. The van der Waals surface area contributed by atoms with E-state index in [1.807, 2.05) is 12.1 Å². The second-order valence-electron chi connectivity index (χ2n) is 3.89. The molecule has 0 heterocycles. The van der Waals surface area contributed by atoms with Gasteiger partial charge in [-0.25, -0.2) is 0 Å². The normalized spacial score (nSPS) is 12.1. The lowest BCUT2D eigenvalue weighted by Crippen LogP contribution is -2.25. The van der Waals surface area contributed by atoms with Crippen molar-refractivity contribution in [2.75, 3.05) is 7.11 Å². The fourth-order valence-electron chi connectivity index (χ4n) is 1.56. The van der Waals surface area contributed by atoms with Crippen LogP contribution in [0.1, 0.15) is 24.5 Å². The minimum absolute atomic E-state index is 0.348. The molecule has 16 heavy (non-hydrogen) atoms. The van der Waals surface area contributed by atoms with Crippen molar-refractivity contribution in [3.8, 4) is 12.3 Å². The quantitative estimate of drug-likeness (QED) is 0.738. The highest BCUT2D eigenvalue weighted by molar-refractivity contribution is 5.26. The van der Waals surface area contributed by atoms with Crippen LogP contribution in [0.2, 0.25) is 0 Å². The van der Waals surface area contributed by atoms with Crippen molar-refractivity contribution >= 4 is 0 Å². The van der Waals surface area contributed by atoms with Crippen molar-refractivity contribution < 1.29 is 4.74 Å². The highest BCUT2D eigenvalue weighted by Gasteiger charge is 2.03. The minimum atomic E-state index is 0.348. The van der Waals surface area contributed by atoms with Gasteiger partial charge in [-0.1, -0.05) is 24.3 Å². The maximum Gasteiger partial charge on any atom is 0.0716 e. The van der Waals surface area contributed by atoms with Crippen molar-refractivity contribution in [1.82, 2.24) is 5.32 Å². The predicted molar refractivity (Wildman–Crippen MR) is 66.9 cm³/mol. The fourth-order valence-corrected chi connectivity index (χ4v) is 1.56. The summed E-state index contributed by atoms with van der Waals surface area (Å²) in [4.78, 5) is 0. The van der Waals surface area contributed by atoms with Crippen LogP contribution in [0.15, 0.2) is 24.3 Å². The van der Waals surface area contributed by atoms with E-state index in [2.05, 4.69) is 30.3 Å². The molecule has 1 aromatic rings. The van der Waals surface area contributed by atoms with Gasteiger partial charge in [0.2, 0.25) is 0 Å². The third-order valence-corrected chi connectivity index (χ3v) is 2.48. The zero-order valence-corrected chi connectivity index (χ0v) is 9.99. The summed E-state index contributed by atoms with van der Waals surface area (Å²) in [5.74, 6) is 2.66. The molecule has 2 heteroatoms. The van der Waals surface area contributed by atoms with E-state index in [1.165, 1.54) is 11.1 Å². The molecule has 0 radical (unpaired) electrons. The lowest BCUT2D eigenvalue weighted by molar-refractivity contribution is 0.184. The zero-order valence-electron chi connectivity index (χ0n) is 9.99. The molecule has 0 aliphatic rings. The van der Waals surface area contributed by atoms with Gasteiger partial charge >= 0.3 is 0 Å². The number of rotatable bonds is 6. The van der Waals surface area contributed by atoms with Crippen LogP contribution < -0.4 is 5.32 Å². The van der Waals surface area contributed by atoms with E-state index in [9.17, 15) is 0 Å². The van der Waals surface area contributed by atoms with Gasteiger partial charge in [-0.15, -0.1) is 12.3 Å². The van der Waals surface area contributed by atoms with Crippen molar-refractivity contribution in [2.24, 2.45) is 0 Å². The molecule has 1 unspecified atom stereocenters. The molecule has 0 bridgehead atoms. The molecule has 0 amide bonds. The van der Waals surface area contributed by atoms with Gasteiger partial charge in [-0.3, -0.25) is 0 Å². The average molecular weight is 217 g/mol. The standard InChI is InChI=1S/C14H19NO/c1-4-7-12(2)15-10-13-8-5-6-9-14(13)11-16-3/h1,5-6,8-9,12,15H,7,10-11H2,2-3H3. The highest BCUT2D eigenvalue weighted by Crippen LogP contribution is 2.10. The third kappa shape index (κ3) is 4.06. The van der Waals surface area contributed by atoms with E-state index in [4.69, 9.17) is 11.2 Å². The summed E-state index contributed by atoms with van der Waals surface area (Å²) in [6.45, 7) is 3.59. The molecule has 0 aliphatic heterocycles. The molecule has 2 nitrogen and oxygen atoms in total. The summed E-state index contributed by atoms with van der Waals surface area (Å²) in [6.07, 6.45) is 6.02. The molecule has 1 aromatic carbocycles. The van der Waals surface area contributed by atoms with E-state index in [0.717, 1.165) is 13.0 Å². The van der Waals surface area contributed by atoms with Crippen LogP contribution in [0.3, 0.4) is 0 Å². The van der Waals surface area contributed by atoms with Gasteiger partial charge < -0.3 is 10.1 Å². The predicted octanol–water partition coefficient (Wildman–Crippen LogP) is 2.33. The molecule has 1 atom stereocenters. The molecule has 0 aromatic heterocycles. The maximum atomic E-state index is 5.27. The first kappa shape index (κ1) is 12.8. The van der Waals surface area contributed by atoms with Gasteiger partial charge in [0.15, 0.2) is 0 Å². The summed E-state index contributed by atoms with van der Waals surface area (Å²) >= 11 is 0. The summed E-state index contributed by atoms with van der Waals surface area (Å²) in [6, 6.07) is 8.63. The fraction of sp³-hybridized carbons (Fsp3) is 0.429. The molecular formula is C14H19NO. The van der Waals surface area contributed by atoms with Crippen LogP contribution in [0.5, 0.6) is 0 Å². The van der Waals surface area contributed by atoms with Crippen molar-refractivity contribution in [1.29, 1.82) is 0 Å². The molecular weight excluding hydrogens is 198 g/mol. The Bertz CT molecular complexity index is 354. The van der Waals surface area contributed by atoms with Crippen LogP contribution in [-0.4, -0.2) is 13.2 Å². The Labute approximate surface area is 98.0 Å². The van der Waals surface area contributed by atoms with Crippen molar-refractivity contribution in [3.05, 3.63) is 35.4 Å². The smallest absolute Gasteiger partial charge is 0.0716 e. The van der Waals surface area contributed by atoms with Gasteiger partial charge in [0.1, 0.15) is 0 Å². The summed E-state index contributed by atoms with van der Waals surface area (Å²) < 4.78 is 5.16.